The highest BCUT2D eigenvalue weighted by Gasteiger charge is 2.55. The van der Waals surface area contributed by atoms with Gasteiger partial charge in [0.25, 0.3) is 5.67 Å². The number of hydrogen-bond donors (Lipinski definition) is 1. The molecule has 1 aliphatic heterocycles. The number of benzene rings is 1. The minimum Gasteiger partial charge on any atom is -0.457 e. The lowest BCUT2D eigenvalue weighted by atomic mass is 9.70. The second-order valence-electron chi connectivity index (χ2n) is 14.3. The van der Waals surface area contributed by atoms with Crippen LogP contribution in [0.5, 0.6) is 0 Å². The van der Waals surface area contributed by atoms with Gasteiger partial charge in [0, 0.05) is 29.9 Å². The smallest absolute Gasteiger partial charge is 0.351 e. The van der Waals surface area contributed by atoms with Crippen LogP contribution in [0.1, 0.15) is 101 Å². The van der Waals surface area contributed by atoms with Gasteiger partial charge in [0.1, 0.15) is 15.3 Å². The topological polar surface area (TPSA) is 102 Å². The summed E-state index contributed by atoms with van der Waals surface area (Å²) in [5, 5.41) is 12.3. The van der Waals surface area contributed by atoms with Gasteiger partial charge in [0.2, 0.25) is 5.91 Å². The van der Waals surface area contributed by atoms with E-state index >= 15 is 4.39 Å². The summed E-state index contributed by atoms with van der Waals surface area (Å²) >= 11 is 2.16. The summed E-state index contributed by atoms with van der Waals surface area (Å²) in [6, 6.07) is 9.90. The maximum atomic E-state index is 16.3. The lowest BCUT2D eigenvalue weighted by Crippen LogP contribution is -2.55. The fourth-order valence-corrected chi connectivity index (χ4v) is 6.95. The normalized spacial score (nSPS) is 33.4. The van der Waals surface area contributed by atoms with Gasteiger partial charge in [-0.1, -0.05) is 97.0 Å². The quantitative estimate of drug-likeness (QED) is 0.102. The van der Waals surface area contributed by atoms with Crippen molar-refractivity contribution >= 4 is 52.0 Å². The van der Waals surface area contributed by atoms with Crippen LogP contribution in [0.15, 0.2) is 53.0 Å². The van der Waals surface area contributed by atoms with Gasteiger partial charge in [-0.2, -0.15) is 0 Å². The van der Waals surface area contributed by atoms with E-state index < -0.39 is 55.9 Å². The van der Waals surface area contributed by atoms with Crippen LogP contribution in [0, 0.1) is 29.1 Å². The third kappa shape index (κ3) is 9.91. The van der Waals surface area contributed by atoms with Crippen LogP contribution < -0.4 is 0 Å². The molecule has 0 spiro atoms. The van der Waals surface area contributed by atoms with Crippen molar-refractivity contribution in [2.45, 2.75) is 116 Å². The number of nitrogens with zero attached hydrogens (tertiary/aromatic N) is 1. The fourth-order valence-electron chi connectivity index (χ4n) is 6.33. The number of alkyl halides is 2. The summed E-state index contributed by atoms with van der Waals surface area (Å²) in [4.78, 5) is 43.7. The Hall–Kier alpha value is -2.24. The summed E-state index contributed by atoms with van der Waals surface area (Å²) in [6.45, 7) is 18.8. The maximum absolute atomic E-state index is 16.3. The van der Waals surface area contributed by atoms with Crippen LogP contribution in [0.25, 0.3) is 6.08 Å². The van der Waals surface area contributed by atoms with Crippen LogP contribution in [0.2, 0.25) is 0 Å². The minimum atomic E-state index is -2.96. The van der Waals surface area contributed by atoms with Crippen LogP contribution in [-0.4, -0.2) is 56.1 Å². The van der Waals surface area contributed by atoms with Crippen molar-refractivity contribution < 1.29 is 33.4 Å². The molecule has 2 rings (SSSR count). The first kappa shape index (κ1) is 40.9. The molecule has 0 saturated carbocycles. The van der Waals surface area contributed by atoms with Gasteiger partial charge < -0.3 is 14.6 Å². The number of rotatable bonds is 6. The number of cyclic esters (lactones) is 1. The van der Waals surface area contributed by atoms with Crippen LogP contribution >= 0.6 is 22.6 Å². The first-order chi connectivity index (χ1) is 21.6. The number of Topliss-reactive ketones (excluding diaryl/α,β-unsaturated/α-hetero) is 1. The molecule has 262 valence electrons. The Morgan fingerprint density at radius 2 is 1.72 bits per heavy atom. The van der Waals surface area contributed by atoms with E-state index in [0.29, 0.717) is 18.6 Å². The molecule has 47 heavy (non-hydrogen) atoms. The van der Waals surface area contributed by atoms with Crippen molar-refractivity contribution in [1.82, 2.24) is 0 Å². The SMILES string of the molecule is CC[C@H]1OC(=O)[C@@](C)(F)C(=O)[C@H](C)C(C)(C)[C@](C)(I)OC/C(=C/C=C/c2ccccc2)CC[C@H]([C@@H](C)C(=NC(C)=O)C(C)C)[C@]1(C)O. The minimum absolute atomic E-state index is 0.105. The van der Waals surface area contributed by atoms with Gasteiger partial charge in [0.15, 0.2) is 5.78 Å². The summed E-state index contributed by atoms with van der Waals surface area (Å²) < 4.78 is 27.6. The van der Waals surface area contributed by atoms with Gasteiger partial charge in [0.05, 0.1) is 6.61 Å². The molecule has 0 aromatic heterocycles. The Balaban J connectivity index is 2.78. The second-order valence-corrected chi connectivity index (χ2v) is 16.3. The number of allylic oxidation sites excluding steroid dienone is 2. The van der Waals surface area contributed by atoms with Crippen LogP contribution in [-0.2, 0) is 23.9 Å². The summed E-state index contributed by atoms with van der Waals surface area (Å²) in [5.41, 5.74) is -2.94. The molecule has 1 heterocycles. The maximum Gasteiger partial charge on any atom is 0.351 e. The molecule has 0 aliphatic carbocycles. The third-order valence-corrected chi connectivity index (χ3v) is 11.9. The number of ether oxygens (including phenoxy) is 2. The fraction of sp³-hybridized carbons (Fsp3) is 0.632. The summed E-state index contributed by atoms with van der Waals surface area (Å²) in [6.07, 6.45) is 5.91. The Kier molecular flexibility index (Phi) is 14.3. The molecular formula is C38H55FINO6. The second kappa shape index (κ2) is 16.4. The Labute approximate surface area is 295 Å². The van der Waals surface area contributed by atoms with Gasteiger partial charge in [-0.05, 0) is 85.6 Å². The number of aliphatic hydroxyl groups is 1. The van der Waals surface area contributed by atoms with E-state index in [1.807, 2.05) is 90.1 Å². The average molecular weight is 768 g/mol. The Bertz CT molecular complexity index is 1340. The Morgan fingerprint density at radius 1 is 1.13 bits per heavy atom. The molecule has 0 unspecified atom stereocenters. The standard InChI is InChI=1S/C38H55FINO6/c1-12-31-37(10,45)30(25(4)32(24(2)3)41-27(6)42)22-21-29(20-16-19-28-17-14-13-15-18-28)23-46-38(11,40)35(7,8)26(5)33(43)36(9,39)34(44)47-31/h13-20,24-26,30-31,45H,12,21-23H2,1-11H3/b19-16+,29-20+,41-32?/t25-,26+,30-,31-,36+,37+,38-/m1/s1. The highest BCUT2D eigenvalue weighted by molar-refractivity contribution is 14.1. The molecule has 7 atom stereocenters. The molecule has 9 heteroatoms. The van der Waals surface area contributed by atoms with E-state index in [-0.39, 0.29) is 24.9 Å². The van der Waals surface area contributed by atoms with Gasteiger partial charge in [-0.25, -0.2) is 14.2 Å². The largest absolute Gasteiger partial charge is 0.457 e. The zero-order valence-electron chi connectivity index (χ0n) is 30.0. The zero-order chi connectivity index (χ0) is 36.0. The van der Waals surface area contributed by atoms with Crippen molar-refractivity contribution in [3.63, 3.8) is 0 Å². The van der Waals surface area contributed by atoms with Crippen LogP contribution in [0.4, 0.5) is 4.39 Å². The lowest BCUT2D eigenvalue weighted by molar-refractivity contribution is -0.187. The lowest BCUT2D eigenvalue weighted by Gasteiger charge is -2.44. The zero-order valence-corrected chi connectivity index (χ0v) is 32.2. The number of carbonyl (C=O) groups is 3. The monoisotopic (exact) mass is 767 g/mol. The van der Waals surface area contributed by atoms with E-state index in [9.17, 15) is 19.5 Å². The molecule has 1 aliphatic rings. The molecular weight excluding hydrogens is 712 g/mol. The molecule has 1 fully saturated rings. The highest BCUT2D eigenvalue weighted by Crippen LogP contribution is 2.48. The first-order valence-corrected chi connectivity index (χ1v) is 17.7. The molecule has 0 radical (unpaired) electrons. The van der Waals surface area contributed by atoms with E-state index in [2.05, 4.69) is 27.6 Å². The van der Waals surface area contributed by atoms with Crippen molar-refractivity contribution in [2.75, 3.05) is 6.61 Å². The molecule has 0 bridgehead atoms. The van der Waals surface area contributed by atoms with Crippen molar-refractivity contribution in [3.05, 3.63) is 53.6 Å². The first-order valence-electron chi connectivity index (χ1n) is 16.6. The number of aliphatic imine (C=N–C) groups is 1. The molecule has 1 aromatic carbocycles. The number of esters is 1. The summed E-state index contributed by atoms with van der Waals surface area (Å²) in [7, 11) is 0. The van der Waals surface area contributed by atoms with Gasteiger partial charge >= 0.3 is 5.97 Å². The van der Waals surface area contributed by atoms with Crippen molar-refractivity contribution in [2.24, 2.45) is 34.1 Å². The molecule has 1 aromatic rings. The number of ketones is 1. The Morgan fingerprint density at radius 3 is 2.26 bits per heavy atom. The molecule has 1 N–H and O–H groups in total. The van der Waals surface area contributed by atoms with E-state index in [4.69, 9.17) is 9.47 Å². The van der Waals surface area contributed by atoms with E-state index in [1.54, 1.807) is 20.8 Å². The third-order valence-electron chi connectivity index (χ3n) is 10.2. The number of hydrogen-bond acceptors (Lipinski definition) is 6. The molecule has 1 amide bonds. The van der Waals surface area contributed by atoms with Gasteiger partial charge in [-0.3, -0.25) is 9.59 Å². The predicted octanol–water partition coefficient (Wildman–Crippen LogP) is 8.52. The average Bonchev–Trinajstić information content (AvgIpc) is 2.99. The number of carbonyl (C=O) groups excluding carboxylic acids is 3. The molecule has 1 saturated heterocycles. The van der Waals surface area contributed by atoms with E-state index in [0.717, 1.165) is 18.1 Å². The number of amides is 1. The predicted molar refractivity (Wildman–Crippen MR) is 195 cm³/mol. The van der Waals surface area contributed by atoms with Gasteiger partial charge in [-0.15, -0.1) is 0 Å². The molecule has 7 nitrogen and oxygen atoms in total. The van der Waals surface area contributed by atoms with E-state index in [1.165, 1.54) is 6.92 Å². The summed E-state index contributed by atoms with van der Waals surface area (Å²) in [5.74, 6) is -4.60. The van der Waals surface area contributed by atoms with Crippen molar-refractivity contribution in [1.29, 1.82) is 0 Å². The van der Waals surface area contributed by atoms with Crippen LogP contribution in [0.3, 0.4) is 0 Å². The highest BCUT2D eigenvalue weighted by atomic mass is 127. The van der Waals surface area contributed by atoms with Crippen molar-refractivity contribution in [3.8, 4) is 0 Å². The number of halogens is 2.